The van der Waals surface area contributed by atoms with Gasteiger partial charge in [-0.1, -0.05) is 32.4 Å². The van der Waals surface area contributed by atoms with Crippen LogP contribution in [0.4, 0.5) is 0 Å². The van der Waals surface area contributed by atoms with E-state index in [4.69, 9.17) is 0 Å². The second kappa shape index (κ2) is 5.20. The first-order chi connectivity index (χ1) is 10.7. The Kier molecular flexibility index (Phi) is 3.79. The summed E-state index contributed by atoms with van der Waals surface area (Å²) in [6.45, 7) is 10.2. The molecule has 3 aliphatic rings. The summed E-state index contributed by atoms with van der Waals surface area (Å²) in [5, 5.41) is 20.7. The number of aliphatic hydroxyl groups is 1. The van der Waals surface area contributed by atoms with Crippen LogP contribution in [0.3, 0.4) is 0 Å². The van der Waals surface area contributed by atoms with Crippen molar-refractivity contribution in [3.63, 3.8) is 0 Å². The lowest BCUT2D eigenvalue weighted by Crippen LogP contribution is -2.56. The third-order valence-corrected chi connectivity index (χ3v) is 7.63. The van der Waals surface area contributed by atoms with E-state index in [9.17, 15) is 15.0 Å². The molecule has 0 aliphatic heterocycles. The fourth-order valence-corrected chi connectivity index (χ4v) is 5.88. The van der Waals surface area contributed by atoms with Gasteiger partial charge in [-0.15, -0.1) is 6.58 Å². The van der Waals surface area contributed by atoms with Crippen molar-refractivity contribution in [2.45, 2.75) is 65.4 Å². The van der Waals surface area contributed by atoms with Gasteiger partial charge in [0.15, 0.2) is 0 Å². The molecule has 2 saturated carbocycles. The monoisotopic (exact) mass is 318 g/mol. The van der Waals surface area contributed by atoms with Crippen LogP contribution in [-0.2, 0) is 4.79 Å². The summed E-state index contributed by atoms with van der Waals surface area (Å²) in [5.74, 6) is -0.184. The Balaban J connectivity index is 2.03. The topological polar surface area (TPSA) is 57.5 Å². The molecule has 0 aromatic heterocycles. The van der Waals surface area contributed by atoms with Crippen LogP contribution in [0.2, 0.25) is 0 Å². The van der Waals surface area contributed by atoms with Crippen molar-refractivity contribution in [1.82, 2.24) is 0 Å². The summed E-state index contributed by atoms with van der Waals surface area (Å²) in [5.41, 5.74) is 0.237. The summed E-state index contributed by atoms with van der Waals surface area (Å²) in [6.07, 6.45) is 9.10. The number of hydrogen-bond acceptors (Lipinski definition) is 2. The zero-order chi connectivity index (χ0) is 17.0. The second-order valence-electron chi connectivity index (χ2n) is 8.78. The highest BCUT2D eigenvalue weighted by Gasteiger charge is 2.59. The molecule has 2 N–H and O–H groups in total. The Morgan fingerprint density at radius 1 is 1.30 bits per heavy atom. The highest BCUT2D eigenvalue weighted by Crippen LogP contribution is 2.63. The van der Waals surface area contributed by atoms with Gasteiger partial charge in [-0.3, -0.25) is 4.79 Å². The minimum atomic E-state index is -0.655. The van der Waals surface area contributed by atoms with Gasteiger partial charge in [0, 0.05) is 5.41 Å². The molecule has 6 atom stereocenters. The Bertz CT molecular complexity index is 565. The molecule has 3 rings (SSSR count). The molecule has 3 nitrogen and oxygen atoms in total. The van der Waals surface area contributed by atoms with E-state index in [2.05, 4.69) is 26.5 Å². The summed E-state index contributed by atoms with van der Waals surface area (Å²) in [6, 6.07) is 0. The first kappa shape index (κ1) is 16.8. The SMILES string of the molecule is C=C[C@]1(C)CC[C@H]2C(=CC[C@@H]3[C@]2(C)CCC[C@@]3(C)C(=O)O)[C@H]1O. The molecule has 3 aliphatic carbocycles. The average Bonchev–Trinajstić information content (AvgIpc) is 2.50. The van der Waals surface area contributed by atoms with Crippen LogP contribution in [0, 0.1) is 28.1 Å². The van der Waals surface area contributed by atoms with E-state index in [1.807, 2.05) is 13.0 Å². The van der Waals surface area contributed by atoms with Crippen LogP contribution >= 0.6 is 0 Å². The molecule has 3 heteroatoms. The van der Waals surface area contributed by atoms with E-state index in [0.29, 0.717) is 5.92 Å². The van der Waals surface area contributed by atoms with Gasteiger partial charge in [-0.2, -0.15) is 0 Å². The van der Waals surface area contributed by atoms with Crippen LogP contribution in [0.5, 0.6) is 0 Å². The number of rotatable bonds is 2. The number of carbonyl (C=O) groups is 1. The molecule has 0 radical (unpaired) electrons. The Labute approximate surface area is 139 Å². The van der Waals surface area contributed by atoms with Crippen molar-refractivity contribution < 1.29 is 15.0 Å². The van der Waals surface area contributed by atoms with Crippen molar-refractivity contribution in [1.29, 1.82) is 0 Å². The molecule has 0 spiro atoms. The number of allylic oxidation sites excluding steroid dienone is 1. The van der Waals surface area contributed by atoms with Gasteiger partial charge < -0.3 is 10.2 Å². The van der Waals surface area contributed by atoms with Crippen molar-refractivity contribution in [2.75, 3.05) is 0 Å². The number of aliphatic carboxylic acids is 1. The summed E-state index contributed by atoms with van der Waals surface area (Å²) in [4.78, 5) is 12.0. The van der Waals surface area contributed by atoms with Crippen molar-refractivity contribution in [3.8, 4) is 0 Å². The molecular weight excluding hydrogens is 288 g/mol. The minimum absolute atomic E-state index is 0.0149. The van der Waals surface area contributed by atoms with Gasteiger partial charge in [0.05, 0.1) is 11.5 Å². The van der Waals surface area contributed by atoms with Gasteiger partial charge >= 0.3 is 5.97 Å². The first-order valence-electron chi connectivity index (χ1n) is 8.94. The highest BCUT2D eigenvalue weighted by atomic mass is 16.4. The standard InChI is InChI=1S/C20H30O3/c1-5-18(2)12-9-14-13(16(18)21)7-8-15-19(14,3)10-6-11-20(15,4)17(22)23/h5,7,14-16,21H,1,6,8-12H2,2-4H3,(H,22,23)/t14-,15+,16+,18+,19+,20+/m0/s1. The van der Waals surface area contributed by atoms with Gasteiger partial charge in [-0.25, -0.2) is 0 Å². The average molecular weight is 318 g/mol. The van der Waals surface area contributed by atoms with Crippen LogP contribution in [-0.4, -0.2) is 22.3 Å². The maximum atomic E-state index is 12.0. The fourth-order valence-electron chi connectivity index (χ4n) is 5.88. The van der Waals surface area contributed by atoms with Crippen molar-refractivity contribution in [3.05, 3.63) is 24.3 Å². The largest absolute Gasteiger partial charge is 0.481 e. The number of aliphatic hydroxyl groups excluding tert-OH is 1. The molecule has 0 bridgehead atoms. The molecular formula is C20H30O3. The quantitative estimate of drug-likeness (QED) is 0.751. The lowest BCUT2D eigenvalue weighted by Gasteiger charge is -2.59. The van der Waals surface area contributed by atoms with Crippen LogP contribution in [0.15, 0.2) is 24.3 Å². The predicted molar refractivity (Wildman–Crippen MR) is 90.9 cm³/mol. The summed E-state index contributed by atoms with van der Waals surface area (Å²) >= 11 is 0. The molecule has 0 heterocycles. The maximum absolute atomic E-state index is 12.0. The lowest BCUT2D eigenvalue weighted by molar-refractivity contribution is -0.163. The second-order valence-corrected chi connectivity index (χ2v) is 8.78. The number of hydrogen-bond donors (Lipinski definition) is 2. The Morgan fingerprint density at radius 3 is 2.61 bits per heavy atom. The van der Waals surface area contributed by atoms with Crippen molar-refractivity contribution >= 4 is 5.97 Å². The van der Waals surface area contributed by atoms with Crippen LogP contribution in [0.1, 0.15) is 59.3 Å². The minimum Gasteiger partial charge on any atom is -0.481 e. The molecule has 0 unspecified atom stereocenters. The molecule has 2 fully saturated rings. The third kappa shape index (κ3) is 2.15. The Morgan fingerprint density at radius 2 is 2.00 bits per heavy atom. The molecule has 128 valence electrons. The number of carboxylic acid groups (broad SMARTS) is 1. The molecule has 0 amide bonds. The third-order valence-electron chi connectivity index (χ3n) is 7.63. The zero-order valence-corrected chi connectivity index (χ0v) is 14.6. The number of fused-ring (bicyclic) bond motifs is 3. The smallest absolute Gasteiger partial charge is 0.309 e. The predicted octanol–water partition coefficient (Wildman–Crippen LogP) is 4.18. The summed E-state index contributed by atoms with van der Waals surface area (Å²) < 4.78 is 0. The molecule has 0 aromatic carbocycles. The van der Waals surface area contributed by atoms with Gasteiger partial charge in [0.1, 0.15) is 0 Å². The maximum Gasteiger partial charge on any atom is 0.309 e. The van der Waals surface area contributed by atoms with E-state index in [0.717, 1.165) is 44.1 Å². The van der Waals surface area contributed by atoms with E-state index in [1.165, 1.54) is 0 Å². The van der Waals surface area contributed by atoms with E-state index >= 15 is 0 Å². The van der Waals surface area contributed by atoms with Gasteiger partial charge in [0.2, 0.25) is 0 Å². The number of carboxylic acids is 1. The molecule has 0 aromatic rings. The highest BCUT2D eigenvalue weighted by molar-refractivity contribution is 5.75. The van der Waals surface area contributed by atoms with E-state index < -0.39 is 17.5 Å². The first-order valence-corrected chi connectivity index (χ1v) is 8.94. The van der Waals surface area contributed by atoms with Crippen molar-refractivity contribution in [2.24, 2.45) is 28.1 Å². The Hall–Kier alpha value is -1.09. The van der Waals surface area contributed by atoms with Crippen LogP contribution < -0.4 is 0 Å². The molecule has 0 saturated heterocycles. The normalized spacial score (nSPS) is 49.6. The zero-order valence-electron chi connectivity index (χ0n) is 14.6. The van der Waals surface area contributed by atoms with Gasteiger partial charge in [0.25, 0.3) is 0 Å². The van der Waals surface area contributed by atoms with Crippen LogP contribution in [0.25, 0.3) is 0 Å². The lowest BCUT2D eigenvalue weighted by atomic mass is 9.45. The van der Waals surface area contributed by atoms with E-state index in [-0.39, 0.29) is 16.7 Å². The van der Waals surface area contributed by atoms with Gasteiger partial charge in [-0.05, 0) is 61.9 Å². The van der Waals surface area contributed by atoms with E-state index in [1.54, 1.807) is 0 Å². The summed E-state index contributed by atoms with van der Waals surface area (Å²) in [7, 11) is 0. The molecule has 23 heavy (non-hydrogen) atoms. The fraction of sp³-hybridized carbons (Fsp3) is 0.750.